The van der Waals surface area contributed by atoms with Gasteiger partial charge in [-0.2, -0.15) is 5.10 Å². The van der Waals surface area contributed by atoms with Crippen LogP contribution >= 0.6 is 11.6 Å². The van der Waals surface area contributed by atoms with E-state index >= 15 is 0 Å². The van der Waals surface area contributed by atoms with E-state index in [2.05, 4.69) is 10.4 Å². The fraction of sp³-hybridized carbons (Fsp3) is 0.227. The molecule has 164 valence electrons. The molecule has 1 fully saturated rings. The first kappa shape index (κ1) is 20.7. The van der Waals surface area contributed by atoms with Gasteiger partial charge in [0.25, 0.3) is 0 Å². The lowest BCUT2D eigenvalue weighted by Gasteiger charge is -2.17. The molecule has 2 aliphatic rings. The lowest BCUT2D eigenvalue weighted by molar-refractivity contribution is -0.122. The van der Waals surface area contributed by atoms with E-state index in [1.165, 1.54) is 0 Å². The Morgan fingerprint density at radius 3 is 2.47 bits per heavy atom. The van der Waals surface area contributed by atoms with Crippen LogP contribution in [0.15, 0.2) is 54.6 Å². The molecule has 32 heavy (non-hydrogen) atoms. The number of para-hydroxylation sites is 1. The fourth-order valence-corrected chi connectivity index (χ4v) is 5.72. The maximum atomic E-state index is 13.1. The molecule has 0 bridgehead atoms. The summed E-state index contributed by atoms with van der Waals surface area (Å²) in [5.41, 5.74) is 2.33. The topological polar surface area (TPSA) is 101 Å². The van der Waals surface area contributed by atoms with Crippen molar-refractivity contribution in [3.05, 3.63) is 70.9 Å². The molecule has 2 amide bonds. The highest BCUT2D eigenvalue weighted by Gasteiger charge is 2.38. The Kier molecular flexibility index (Phi) is 5.02. The zero-order valence-electron chi connectivity index (χ0n) is 16.9. The summed E-state index contributed by atoms with van der Waals surface area (Å²) < 4.78 is 25.8. The van der Waals surface area contributed by atoms with E-state index in [0.29, 0.717) is 33.5 Å². The average molecular weight is 471 g/mol. The van der Waals surface area contributed by atoms with Crippen molar-refractivity contribution in [3.63, 3.8) is 0 Å². The van der Waals surface area contributed by atoms with E-state index in [9.17, 15) is 18.0 Å². The van der Waals surface area contributed by atoms with Crippen LogP contribution in [0.25, 0.3) is 5.69 Å². The van der Waals surface area contributed by atoms with Gasteiger partial charge in [0.1, 0.15) is 5.82 Å². The van der Waals surface area contributed by atoms with E-state index in [4.69, 9.17) is 11.6 Å². The summed E-state index contributed by atoms with van der Waals surface area (Å²) >= 11 is 5.93. The quantitative estimate of drug-likeness (QED) is 0.631. The van der Waals surface area contributed by atoms with Gasteiger partial charge < -0.3 is 10.2 Å². The van der Waals surface area contributed by atoms with Crippen molar-refractivity contribution in [2.75, 3.05) is 16.8 Å². The number of halogens is 1. The molecule has 2 aliphatic heterocycles. The third-order valence-corrected chi connectivity index (χ3v) is 7.36. The van der Waals surface area contributed by atoms with E-state index in [1.54, 1.807) is 33.8 Å². The zero-order valence-corrected chi connectivity index (χ0v) is 18.4. The molecule has 0 aliphatic carbocycles. The van der Waals surface area contributed by atoms with Crippen LogP contribution in [0.4, 0.5) is 11.5 Å². The summed E-state index contributed by atoms with van der Waals surface area (Å²) in [7, 11) is -3.30. The van der Waals surface area contributed by atoms with Crippen LogP contribution in [0.2, 0.25) is 5.02 Å². The first-order chi connectivity index (χ1) is 15.3. The molecule has 3 aromatic rings. The number of rotatable bonds is 4. The van der Waals surface area contributed by atoms with Gasteiger partial charge in [0.05, 0.1) is 28.8 Å². The van der Waals surface area contributed by atoms with Gasteiger partial charge in [0.2, 0.25) is 11.8 Å². The largest absolute Gasteiger partial charge is 0.312 e. The number of sulfone groups is 1. The van der Waals surface area contributed by atoms with Crippen LogP contribution < -0.4 is 10.2 Å². The van der Waals surface area contributed by atoms with Crippen molar-refractivity contribution in [2.45, 2.75) is 17.9 Å². The molecule has 0 spiro atoms. The number of amides is 2. The van der Waals surface area contributed by atoms with Gasteiger partial charge in [-0.1, -0.05) is 29.8 Å². The third-order valence-electron chi connectivity index (χ3n) is 5.66. The highest BCUT2D eigenvalue weighted by atomic mass is 35.5. The molecule has 8 nitrogen and oxygen atoms in total. The number of benzene rings is 2. The Balaban J connectivity index is 1.42. The number of hydrogen-bond acceptors (Lipinski definition) is 5. The highest BCUT2D eigenvalue weighted by molar-refractivity contribution is 7.90. The van der Waals surface area contributed by atoms with Crippen molar-refractivity contribution in [1.29, 1.82) is 0 Å². The molecule has 1 N–H and O–H groups in total. The van der Waals surface area contributed by atoms with Gasteiger partial charge in [-0.25, -0.2) is 13.1 Å². The Morgan fingerprint density at radius 2 is 1.75 bits per heavy atom. The number of nitrogens with zero attached hydrogens (tertiary/aromatic N) is 3. The molecule has 10 heteroatoms. The summed E-state index contributed by atoms with van der Waals surface area (Å²) in [6.07, 6.45) is 0.0639. The zero-order chi connectivity index (χ0) is 22.5. The minimum absolute atomic E-state index is 0.0639. The summed E-state index contributed by atoms with van der Waals surface area (Å²) in [4.78, 5) is 27.2. The third kappa shape index (κ3) is 3.78. The molecule has 0 saturated carbocycles. The standard InChI is InChI=1S/C22H19ClN4O4S/c23-15-6-8-16(9-7-15)26-11-14(10-20(26)28)22(29)24-21-18-12-32(30,31)13-19(18)25-27(21)17-4-2-1-3-5-17/h1-9,14H,10-13H2,(H,24,29). The molecular formula is C22H19ClN4O4S. The van der Waals surface area contributed by atoms with Crippen LogP contribution in [0.5, 0.6) is 0 Å². The number of nitrogens with one attached hydrogen (secondary N) is 1. The number of carbonyl (C=O) groups is 2. The van der Waals surface area contributed by atoms with Gasteiger partial charge in [-0.3, -0.25) is 9.59 Å². The lowest BCUT2D eigenvalue weighted by Crippen LogP contribution is -2.29. The molecule has 3 heterocycles. The summed E-state index contributed by atoms with van der Waals surface area (Å²) in [6.45, 7) is 0.228. The van der Waals surface area contributed by atoms with Crippen molar-refractivity contribution in [2.24, 2.45) is 5.92 Å². The second-order valence-corrected chi connectivity index (χ2v) is 10.4. The predicted molar refractivity (Wildman–Crippen MR) is 120 cm³/mol. The SMILES string of the molecule is O=C(Nc1c2c(nn1-c1ccccc1)CS(=O)(=O)C2)C1CC(=O)N(c2ccc(Cl)cc2)C1. The van der Waals surface area contributed by atoms with Crippen LogP contribution in [-0.4, -0.2) is 36.6 Å². The average Bonchev–Trinajstić information content (AvgIpc) is 3.40. The minimum atomic E-state index is -3.30. The Morgan fingerprint density at radius 1 is 1.03 bits per heavy atom. The first-order valence-electron chi connectivity index (χ1n) is 10.0. The first-order valence-corrected chi connectivity index (χ1v) is 12.2. The molecule has 5 rings (SSSR count). The summed E-state index contributed by atoms with van der Waals surface area (Å²) in [5.74, 6) is -1.07. The molecule has 1 saturated heterocycles. The normalized spacial score (nSPS) is 19.2. The van der Waals surface area contributed by atoms with Crippen LogP contribution in [-0.2, 0) is 30.9 Å². The second-order valence-electron chi connectivity index (χ2n) is 7.92. The molecule has 1 unspecified atom stereocenters. The van der Waals surface area contributed by atoms with E-state index in [1.807, 2.05) is 30.3 Å². The van der Waals surface area contributed by atoms with Crippen molar-refractivity contribution >= 4 is 44.8 Å². The van der Waals surface area contributed by atoms with Crippen LogP contribution in [0.3, 0.4) is 0 Å². The number of aromatic nitrogens is 2. The second kappa shape index (κ2) is 7.75. The fourth-order valence-electron chi connectivity index (χ4n) is 4.10. The van der Waals surface area contributed by atoms with Gasteiger partial charge in [0.15, 0.2) is 9.84 Å². The van der Waals surface area contributed by atoms with Gasteiger partial charge in [-0.15, -0.1) is 0 Å². The molecular weight excluding hydrogens is 452 g/mol. The molecule has 1 atom stereocenters. The summed E-state index contributed by atoms with van der Waals surface area (Å²) in [6, 6.07) is 16.1. The van der Waals surface area contributed by atoms with E-state index < -0.39 is 15.8 Å². The Labute approximate surface area is 189 Å². The van der Waals surface area contributed by atoms with Crippen LogP contribution in [0, 0.1) is 5.92 Å². The maximum Gasteiger partial charge on any atom is 0.230 e. The lowest BCUT2D eigenvalue weighted by atomic mass is 10.1. The van der Waals surface area contributed by atoms with Crippen molar-refractivity contribution < 1.29 is 18.0 Å². The monoisotopic (exact) mass is 470 g/mol. The number of fused-ring (bicyclic) bond motifs is 1. The van der Waals surface area contributed by atoms with Crippen LogP contribution in [0.1, 0.15) is 17.7 Å². The van der Waals surface area contributed by atoms with E-state index in [0.717, 1.165) is 0 Å². The summed E-state index contributed by atoms with van der Waals surface area (Å²) in [5, 5.41) is 7.89. The number of anilines is 2. The Bertz CT molecular complexity index is 1320. The molecule has 0 radical (unpaired) electrons. The highest BCUT2D eigenvalue weighted by Crippen LogP contribution is 2.34. The smallest absolute Gasteiger partial charge is 0.230 e. The molecule has 2 aromatic carbocycles. The number of hydrogen-bond donors (Lipinski definition) is 1. The molecule has 1 aromatic heterocycles. The van der Waals surface area contributed by atoms with Gasteiger partial charge in [-0.05, 0) is 36.4 Å². The van der Waals surface area contributed by atoms with E-state index in [-0.39, 0.29) is 36.3 Å². The predicted octanol–water partition coefficient (Wildman–Crippen LogP) is 2.95. The minimum Gasteiger partial charge on any atom is -0.312 e. The van der Waals surface area contributed by atoms with Gasteiger partial charge >= 0.3 is 0 Å². The van der Waals surface area contributed by atoms with Crippen molar-refractivity contribution in [3.8, 4) is 5.69 Å². The maximum absolute atomic E-state index is 13.1. The van der Waals surface area contributed by atoms with Crippen molar-refractivity contribution in [1.82, 2.24) is 9.78 Å². The van der Waals surface area contributed by atoms with Gasteiger partial charge in [0, 0.05) is 29.2 Å². The number of carbonyl (C=O) groups excluding carboxylic acids is 2. The Hall–Kier alpha value is -3.17.